The predicted octanol–water partition coefficient (Wildman–Crippen LogP) is -2.21. The van der Waals surface area contributed by atoms with Crippen LogP contribution in [0.25, 0.3) is 0 Å². The van der Waals surface area contributed by atoms with Crippen LogP contribution in [0.15, 0.2) is 0 Å². The van der Waals surface area contributed by atoms with Gasteiger partial charge in [0.05, 0.1) is 0 Å². The third-order valence-electron chi connectivity index (χ3n) is 3.41. The van der Waals surface area contributed by atoms with Crippen LogP contribution in [0, 0.1) is 5.41 Å². The molecule has 3 nitrogen and oxygen atoms in total. The zero-order chi connectivity index (χ0) is 12.2. The molecule has 1 rings (SSSR count). The molecule has 0 aromatic carbocycles. The van der Waals surface area contributed by atoms with E-state index in [1.54, 1.807) is 0 Å². The maximum Gasteiger partial charge on any atom is 1.00 e. The summed E-state index contributed by atoms with van der Waals surface area (Å²) in [5, 5.41) is 10.6. The third-order valence-corrected chi connectivity index (χ3v) is 3.41. The Morgan fingerprint density at radius 2 is 1.82 bits per heavy atom. The van der Waals surface area contributed by atoms with Crippen molar-refractivity contribution in [2.75, 3.05) is 39.3 Å². The van der Waals surface area contributed by atoms with E-state index in [0.717, 1.165) is 19.6 Å². The van der Waals surface area contributed by atoms with E-state index in [9.17, 15) is 5.11 Å². The van der Waals surface area contributed by atoms with Crippen molar-refractivity contribution in [3.05, 3.63) is 0 Å². The van der Waals surface area contributed by atoms with E-state index in [4.69, 9.17) is 0 Å². The van der Waals surface area contributed by atoms with Gasteiger partial charge in [0.15, 0.2) is 0 Å². The van der Waals surface area contributed by atoms with Gasteiger partial charge in [0.1, 0.15) is 0 Å². The summed E-state index contributed by atoms with van der Waals surface area (Å²) in [6.07, 6.45) is 1.25. The number of piperazine rings is 1. The van der Waals surface area contributed by atoms with Crippen molar-refractivity contribution in [1.29, 1.82) is 0 Å². The largest absolute Gasteiger partial charge is 1.00 e. The van der Waals surface area contributed by atoms with Crippen LogP contribution >= 0.6 is 0 Å². The van der Waals surface area contributed by atoms with Gasteiger partial charge in [0, 0.05) is 25.7 Å². The van der Waals surface area contributed by atoms with Crippen molar-refractivity contribution >= 4 is 0 Å². The summed E-state index contributed by atoms with van der Waals surface area (Å²) >= 11 is 0. The Morgan fingerprint density at radius 3 is 2.29 bits per heavy atom. The Hall–Kier alpha value is 1.52. The predicted molar refractivity (Wildman–Crippen MR) is 66.4 cm³/mol. The van der Waals surface area contributed by atoms with Crippen molar-refractivity contribution in [2.45, 2.75) is 40.2 Å². The molecule has 1 aliphatic heterocycles. The average molecular weight is 266 g/mol. The summed E-state index contributed by atoms with van der Waals surface area (Å²) in [7, 11) is 0. The van der Waals surface area contributed by atoms with Crippen LogP contribution in [0.1, 0.15) is 34.1 Å². The molecule has 1 atom stereocenters. The van der Waals surface area contributed by atoms with Gasteiger partial charge in [-0.25, -0.2) is 0 Å². The minimum Gasteiger partial charge on any atom is -0.854 e. The first-order valence-electron chi connectivity index (χ1n) is 6.47. The minimum atomic E-state index is 0. The second-order valence-corrected chi connectivity index (χ2v) is 6.20. The van der Waals surface area contributed by atoms with E-state index < -0.39 is 0 Å². The maximum absolute atomic E-state index is 10.6. The van der Waals surface area contributed by atoms with E-state index in [-0.39, 0.29) is 58.0 Å². The van der Waals surface area contributed by atoms with Crippen molar-refractivity contribution in [3.8, 4) is 0 Å². The van der Waals surface area contributed by atoms with Crippen LogP contribution in [-0.2, 0) is 0 Å². The molecule has 17 heavy (non-hydrogen) atoms. The Balaban J connectivity index is 0.00000256. The number of nitrogens with zero attached hydrogens (tertiary/aromatic N) is 2. The summed E-state index contributed by atoms with van der Waals surface area (Å²) in [5.74, 6) is 0. The zero-order valence-electron chi connectivity index (χ0n) is 12.3. The number of hydrogen-bond donors (Lipinski definition) is 0. The number of rotatable bonds is 4. The van der Waals surface area contributed by atoms with Crippen molar-refractivity contribution in [2.24, 2.45) is 5.41 Å². The van der Waals surface area contributed by atoms with Crippen LogP contribution in [0.2, 0.25) is 0 Å². The molecule has 0 radical (unpaired) electrons. The first-order chi connectivity index (χ1) is 7.42. The van der Waals surface area contributed by atoms with Gasteiger partial charge >= 0.3 is 51.4 Å². The van der Waals surface area contributed by atoms with Gasteiger partial charge in [-0.3, -0.25) is 4.90 Å². The second-order valence-electron chi connectivity index (χ2n) is 6.20. The average Bonchev–Trinajstić information content (AvgIpc) is 2.18. The topological polar surface area (TPSA) is 29.5 Å². The van der Waals surface area contributed by atoms with Crippen LogP contribution in [0.5, 0.6) is 0 Å². The fourth-order valence-corrected chi connectivity index (χ4v) is 2.22. The molecule has 1 unspecified atom stereocenters. The van der Waals surface area contributed by atoms with Crippen molar-refractivity contribution in [1.82, 2.24) is 9.80 Å². The van der Waals surface area contributed by atoms with E-state index >= 15 is 0 Å². The Labute approximate surface area is 149 Å². The molecule has 0 aromatic rings. The normalized spacial score (nSPS) is 23.5. The monoisotopic (exact) mass is 266 g/mol. The molecule has 0 N–H and O–H groups in total. The molecule has 0 amide bonds. The van der Waals surface area contributed by atoms with Crippen molar-refractivity contribution in [3.63, 3.8) is 0 Å². The van der Waals surface area contributed by atoms with Gasteiger partial charge in [0.2, 0.25) is 0 Å². The Morgan fingerprint density at radius 1 is 1.18 bits per heavy atom. The first-order valence-corrected chi connectivity index (χ1v) is 6.47. The fourth-order valence-electron chi connectivity index (χ4n) is 2.22. The van der Waals surface area contributed by atoms with Crippen LogP contribution in [0.4, 0.5) is 0 Å². The molecule has 1 saturated heterocycles. The van der Waals surface area contributed by atoms with Gasteiger partial charge in [-0.2, -0.15) is 0 Å². The molecular weight excluding hydrogens is 239 g/mol. The Kier molecular flexibility index (Phi) is 9.41. The van der Waals surface area contributed by atoms with E-state index in [2.05, 4.69) is 37.5 Å². The molecule has 0 spiro atoms. The van der Waals surface area contributed by atoms with Gasteiger partial charge in [-0.15, -0.1) is 6.61 Å². The van der Waals surface area contributed by atoms with Gasteiger partial charge < -0.3 is 10.0 Å². The SMILES string of the molecule is CC1CN(CCC(C)(C)C)CCN1CC[O-].[K+]. The molecule has 1 heterocycles. The second kappa shape index (κ2) is 8.64. The Bertz CT molecular complexity index is 206. The van der Waals surface area contributed by atoms with E-state index in [1.807, 2.05) is 0 Å². The van der Waals surface area contributed by atoms with Gasteiger partial charge in [-0.1, -0.05) is 20.8 Å². The molecule has 0 aromatic heterocycles. The molecule has 4 heteroatoms. The van der Waals surface area contributed by atoms with E-state index in [0.29, 0.717) is 18.0 Å². The van der Waals surface area contributed by atoms with Crippen molar-refractivity contribution < 1.29 is 56.5 Å². The first kappa shape index (κ1) is 18.5. The molecule has 0 bridgehead atoms. The summed E-state index contributed by atoms with van der Waals surface area (Å²) in [6.45, 7) is 14.4. The molecule has 0 saturated carbocycles. The van der Waals surface area contributed by atoms with Gasteiger partial charge in [-0.05, 0) is 31.8 Å². The standard InChI is InChI=1S/C13H27N2O.K/c1-12-11-14(6-5-13(2,3)4)7-8-15(12)9-10-16;/h12H,5-11H2,1-4H3;/q-1;+1. The number of hydrogen-bond acceptors (Lipinski definition) is 3. The van der Waals surface area contributed by atoms with Gasteiger partial charge in [0.25, 0.3) is 0 Å². The zero-order valence-corrected chi connectivity index (χ0v) is 15.5. The fraction of sp³-hybridized carbons (Fsp3) is 1.00. The summed E-state index contributed by atoms with van der Waals surface area (Å²) in [4.78, 5) is 4.86. The van der Waals surface area contributed by atoms with Crippen LogP contribution < -0.4 is 56.5 Å². The molecule has 96 valence electrons. The smallest absolute Gasteiger partial charge is 0.854 e. The summed E-state index contributed by atoms with van der Waals surface area (Å²) in [5.41, 5.74) is 0.426. The van der Waals surface area contributed by atoms with Crippen LogP contribution in [-0.4, -0.2) is 55.2 Å². The quantitative estimate of drug-likeness (QED) is 0.541. The maximum atomic E-state index is 10.6. The minimum absolute atomic E-state index is 0. The molecule has 0 aliphatic carbocycles. The summed E-state index contributed by atoms with van der Waals surface area (Å²) in [6, 6.07) is 0.544. The summed E-state index contributed by atoms with van der Waals surface area (Å²) < 4.78 is 0. The molecule has 1 aliphatic rings. The molecule has 1 fully saturated rings. The van der Waals surface area contributed by atoms with E-state index in [1.165, 1.54) is 13.0 Å². The third kappa shape index (κ3) is 7.63. The molecular formula is C13H27KN2O. The van der Waals surface area contributed by atoms with Crippen LogP contribution in [0.3, 0.4) is 0 Å².